The Kier molecular flexibility index (Phi) is 5.14. The number of rotatable bonds is 4. The fraction of sp³-hybridized carbons (Fsp3) is 0.333. The molecule has 0 bridgehead atoms. The van der Waals surface area contributed by atoms with E-state index in [1.807, 2.05) is 31.3 Å². The Labute approximate surface area is 163 Å². The normalized spacial score (nSPS) is 15.4. The molecule has 1 aliphatic rings. The zero-order valence-electron chi connectivity index (χ0n) is 15.4. The Morgan fingerprint density at radius 2 is 2.00 bits per heavy atom. The van der Waals surface area contributed by atoms with E-state index in [1.54, 1.807) is 6.07 Å². The summed E-state index contributed by atoms with van der Waals surface area (Å²) in [5.41, 5.74) is 2.36. The van der Waals surface area contributed by atoms with E-state index in [9.17, 15) is 4.79 Å². The monoisotopic (exact) mass is 385 g/mol. The van der Waals surface area contributed by atoms with E-state index in [1.165, 1.54) is 4.90 Å². The largest absolute Gasteiger partial charge is 0.423 e. The fourth-order valence-electron chi connectivity index (χ4n) is 3.80. The summed E-state index contributed by atoms with van der Waals surface area (Å²) in [5.74, 6) is 1.15. The summed E-state index contributed by atoms with van der Waals surface area (Å²) < 4.78 is 5.43. The molecule has 6 heteroatoms. The van der Waals surface area contributed by atoms with Crippen LogP contribution < -0.4 is 20.4 Å². The summed E-state index contributed by atoms with van der Waals surface area (Å²) in [7, 11) is 0. The molecule has 0 aliphatic carbocycles. The number of H-pyrrole nitrogens is 1. The van der Waals surface area contributed by atoms with Crippen molar-refractivity contribution < 1.29 is 14.3 Å². The lowest BCUT2D eigenvalue weighted by Gasteiger charge is -2.28. The Bertz CT molecular complexity index is 995. The fourth-order valence-corrected chi connectivity index (χ4v) is 4.09. The average Bonchev–Trinajstić information content (AvgIpc) is 2.69. The van der Waals surface area contributed by atoms with Crippen LogP contribution in [0.25, 0.3) is 11.0 Å². The molecule has 140 valence electrons. The molecule has 0 spiro atoms. The molecular formula is C21H24ClN3O2+2. The molecule has 2 N–H and O–H groups in total. The number of nitrogens with zero attached hydrogens (tertiary/aromatic N) is 1. The number of anilines is 1. The standard InChI is InChI=1S/C21H22ClN3O2/c1-2-15-11-19-17(13-18(15)22)16(12-21(26)27-19)14-24-7-9-25(10-8-24)20-5-3-4-6-23-20/h3-6,11-13H,2,7-10,14H2,1H3/p+2. The van der Waals surface area contributed by atoms with Crippen molar-refractivity contribution in [3.63, 3.8) is 0 Å². The van der Waals surface area contributed by atoms with Gasteiger partial charge in [0, 0.05) is 28.1 Å². The lowest BCUT2D eigenvalue weighted by atomic mass is 10.1. The highest BCUT2D eigenvalue weighted by molar-refractivity contribution is 6.32. The number of benzene rings is 1. The van der Waals surface area contributed by atoms with Gasteiger partial charge in [-0.25, -0.2) is 9.78 Å². The van der Waals surface area contributed by atoms with Gasteiger partial charge in [-0.2, -0.15) is 0 Å². The van der Waals surface area contributed by atoms with Crippen molar-refractivity contribution in [3.05, 3.63) is 69.2 Å². The van der Waals surface area contributed by atoms with Crippen LogP contribution >= 0.6 is 11.6 Å². The minimum atomic E-state index is -0.293. The first kappa shape index (κ1) is 18.0. The smallest absolute Gasteiger partial charge is 0.336 e. The van der Waals surface area contributed by atoms with E-state index in [4.69, 9.17) is 16.0 Å². The second-order valence-corrected chi connectivity index (χ2v) is 7.45. The number of fused-ring (bicyclic) bond motifs is 1. The summed E-state index contributed by atoms with van der Waals surface area (Å²) >= 11 is 6.41. The molecule has 0 radical (unpaired) electrons. The van der Waals surface area contributed by atoms with Crippen LogP contribution in [0, 0.1) is 0 Å². The van der Waals surface area contributed by atoms with Crippen LogP contribution in [0.2, 0.25) is 5.02 Å². The second kappa shape index (κ2) is 7.71. The number of quaternary nitrogens is 1. The van der Waals surface area contributed by atoms with Crippen LogP contribution in [0.4, 0.5) is 5.82 Å². The maximum Gasteiger partial charge on any atom is 0.336 e. The van der Waals surface area contributed by atoms with Crippen molar-refractivity contribution in [2.45, 2.75) is 19.9 Å². The molecule has 0 amide bonds. The van der Waals surface area contributed by atoms with Gasteiger partial charge in [-0.15, -0.1) is 0 Å². The molecular weight excluding hydrogens is 362 g/mol. The molecule has 1 saturated heterocycles. The van der Waals surface area contributed by atoms with Crippen molar-refractivity contribution in [2.75, 3.05) is 31.1 Å². The molecule has 3 heterocycles. The topological polar surface area (TPSA) is 52.0 Å². The number of aromatic amines is 1. The Morgan fingerprint density at radius 1 is 1.19 bits per heavy atom. The summed E-state index contributed by atoms with van der Waals surface area (Å²) in [6.45, 7) is 6.85. The molecule has 2 aromatic heterocycles. The molecule has 3 aromatic rings. The summed E-state index contributed by atoms with van der Waals surface area (Å²) in [6, 6.07) is 11.6. The Balaban J connectivity index is 1.54. The van der Waals surface area contributed by atoms with Crippen molar-refractivity contribution in [2.24, 2.45) is 0 Å². The molecule has 1 aromatic carbocycles. The van der Waals surface area contributed by atoms with Crippen LogP contribution in [0.3, 0.4) is 0 Å². The summed E-state index contributed by atoms with van der Waals surface area (Å²) in [5, 5.41) is 1.68. The van der Waals surface area contributed by atoms with Gasteiger partial charge >= 0.3 is 5.63 Å². The maximum atomic E-state index is 12.0. The van der Waals surface area contributed by atoms with Crippen LogP contribution in [0.15, 0.2) is 51.8 Å². The van der Waals surface area contributed by atoms with E-state index >= 15 is 0 Å². The molecule has 27 heavy (non-hydrogen) atoms. The molecule has 1 aliphatic heterocycles. The third-order valence-corrected chi connectivity index (χ3v) is 5.67. The van der Waals surface area contributed by atoms with E-state index in [2.05, 4.69) is 22.0 Å². The summed E-state index contributed by atoms with van der Waals surface area (Å²) in [4.78, 5) is 19.2. The number of nitrogens with one attached hydrogen (secondary N) is 2. The average molecular weight is 386 g/mol. The molecule has 0 saturated carbocycles. The van der Waals surface area contributed by atoms with E-state index < -0.39 is 0 Å². The Hall–Kier alpha value is -2.37. The van der Waals surface area contributed by atoms with Gasteiger partial charge < -0.3 is 9.32 Å². The number of aromatic nitrogens is 1. The van der Waals surface area contributed by atoms with Crippen molar-refractivity contribution in [1.82, 2.24) is 0 Å². The molecule has 0 unspecified atom stereocenters. The summed E-state index contributed by atoms with van der Waals surface area (Å²) in [6.07, 6.45) is 2.77. The quantitative estimate of drug-likeness (QED) is 0.696. The van der Waals surface area contributed by atoms with Gasteiger partial charge in [0.15, 0.2) is 0 Å². The molecule has 1 fully saturated rings. The lowest BCUT2D eigenvalue weighted by Crippen LogP contribution is -3.13. The number of pyridine rings is 1. The van der Waals surface area contributed by atoms with Crippen LogP contribution in [0.5, 0.6) is 0 Å². The molecule has 5 nitrogen and oxygen atoms in total. The van der Waals surface area contributed by atoms with Gasteiger partial charge in [-0.05, 0) is 30.2 Å². The Morgan fingerprint density at radius 3 is 2.70 bits per heavy atom. The first-order valence-corrected chi connectivity index (χ1v) is 9.82. The number of hydrogen-bond acceptors (Lipinski definition) is 3. The number of hydrogen-bond donors (Lipinski definition) is 1. The van der Waals surface area contributed by atoms with Crippen LogP contribution in [-0.2, 0) is 13.0 Å². The second-order valence-electron chi connectivity index (χ2n) is 7.05. The van der Waals surface area contributed by atoms with Gasteiger partial charge in [-0.3, -0.25) is 4.90 Å². The van der Waals surface area contributed by atoms with Crippen molar-refractivity contribution in [1.29, 1.82) is 0 Å². The first-order chi connectivity index (χ1) is 13.1. The minimum absolute atomic E-state index is 0.293. The number of piperazine rings is 1. The van der Waals surface area contributed by atoms with E-state index in [0.29, 0.717) is 5.58 Å². The zero-order valence-corrected chi connectivity index (χ0v) is 16.2. The third-order valence-electron chi connectivity index (χ3n) is 5.32. The predicted molar refractivity (Wildman–Crippen MR) is 106 cm³/mol. The SMILES string of the molecule is CCc1cc2oc(=O)cc(C[NH+]3CCN(c4cccc[nH+]4)CC3)c2cc1Cl. The minimum Gasteiger partial charge on any atom is -0.423 e. The lowest BCUT2D eigenvalue weighted by molar-refractivity contribution is -0.914. The van der Waals surface area contributed by atoms with Crippen LogP contribution in [-0.4, -0.2) is 26.2 Å². The molecule has 0 atom stereocenters. The highest BCUT2D eigenvalue weighted by atomic mass is 35.5. The van der Waals surface area contributed by atoms with Gasteiger partial charge in [0.05, 0.1) is 6.20 Å². The van der Waals surface area contributed by atoms with Crippen molar-refractivity contribution in [3.8, 4) is 0 Å². The van der Waals surface area contributed by atoms with E-state index in [0.717, 1.165) is 66.5 Å². The highest BCUT2D eigenvalue weighted by Crippen LogP contribution is 2.26. The molecule has 4 rings (SSSR count). The van der Waals surface area contributed by atoms with Gasteiger partial charge in [0.25, 0.3) is 5.82 Å². The van der Waals surface area contributed by atoms with Gasteiger partial charge in [0.2, 0.25) is 0 Å². The van der Waals surface area contributed by atoms with Gasteiger partial charge in [0.1, 0.15) is 38.3 Å². The van der Waals surface area contributed by atoms with Gasteiger partial charge in [-0.1, -0.05) is 24.6 Å². The first-order valence-electron chi connectivity index (χ1n) is 9.44. The predicted octanol–water partition coefficient (Wildman–Crippen LogP) is 1.73. The van der Waals surface area contributed by atoms with E-state index in [-0.39, 0.29) is 5.63 Å². The maximum absolute atomic E-state index is 12.0. The highest BCUT2D eigenvalue weighted by Gasteiger charge is 2.26. The van der Waals surface area contributed by atoms with Crippen molar-refractivity contribution >= 4 is 28.4 Å². The zero-order chi connectivity index (χ0) is 18.8. The number of aryl methyl sites for hydroxylation is 1. The number of halogens is 1. The van der Waals surface area contributed by atoms with Crippen LogP contribution in [0.1, 0.15) is 18.1 Å². The third kappa shape index (κ3) is 3.84.